The molecule has 0 aliphatic heterocycles. The van der Waals surface area contributed by atoms with Gasteiger partial charge in [0.25, 0.3) is 22.2 Å². The van der Waals surface area contributed by atoms with Gasteiger partial charge in [-0.3, -0.25) is 28.3 Å². The summed E-state index contributed by atoms with van der Waals surface area (Å²) in [4.78, 5) is 58.6. The topological polar surface area (TPSA) is 78.1 Å². The van der Waals surface area contributed by atoms with Gasteiger partial charge in [-0.2, -0.15) is 0 Å². The van der Waals surface area contributed by atoms with Crippen molar-refractivity contribution in [1.29, 1.82) is 0 Å². The average Bonchev–Trinajstić information content (AvgIpc) is 3.23. The third kappa shape index (κ3) is 5.94. The Kier molecular flexibility index (Phi) is 10.5. The van der Waals surface area contributed by atoms with Gasteiger partial charge in [0.05, 0.1) is 0 Å². The second-order valence-corrected chi connectivity index (χ2v) is 17.6. The molecule has 2 heterocycles. The van der Waals surface area contributed by atoms with Crippen molar-refractivity contribution in [3.63, 3.8) is 0 Å². The van der Waals surface area contributed by atoms with Gasteiger partial charge in [0.15, 0.2) is 0 Å². The fourth-order valence-corrected chi connectivity index (χ4v) is 10.8. The lowest BCUT2D eigenvalue weighted by atomic mass is 9.77. The Morgan fingerprint density at radius 1 is 0.328 bits per heavy atom. The van der Waals surface area contributed by atoms with E-state index in [4.69, 9.17) is 0 Å². The number of aryl methyl sites for hydroxylation is 2. The number of benzene rings is 7. The van der Waals surface area contributed by atoms with Crippen LogP contribution in [0.1, 0.15) is 142 Å². The molecule has 0 fully saturated rings. The molecule has 300 valence electrons. The van der Waals surface area contributed by atoms with E-state index in [-0.39, 0.29) is 22.2 Å². The zero-order valence-electron chi connectivity index (χ0n) is 35.1. The molecular weight excluding hydrogens is 717 g/mol. The summed E-state index contributed by atoms with van der Waals surface area (Å²) >= 11 is 0. The number of pyridine rings is 2. The van der Waals surface area contributed by atoms with Gasteiger partial charge in [0.2, 0.25) is 0 Å². The highest BCUT2D eigenvalue weighted by atomic mass is 16.2. The monoisotopic (exact) mass is 774 g/mol. The first-order chi connectivity index (χ1) is 28.3. The number of hydrogen-bond donors (Lipinski definition) is 0. The summed E-state index contributed by atoms with van der Waals surface area (Å²) in [7, 11) is 0. The van der Waals surface area contributed by atoms with E-state index in [0.717, 1.165) is 180 Å². The summed E-state index contributed by atoms with van der Waals surface area (Å²) in [6.45, 7) is 9.65. The van der Waals surface area contributed by atoms with E-state index in [1.54, 1.807) is 0 Å². The van der Waals surface area contributed by atoms with E-state index in [9.17, 15) is 19.2 Å². The van der Waals surface area contributed by atoms with Gasteiger partial charge >= 0.3 is 0 Å². The first-order valence-electron chi connectivity index (χ1n) is 22.8. The Balaban J connectivity index is 1.46. The maximum absolute atomic E-state index is 14.7. The molecule has 7 aromatic carbocycles. The molecule has 0 radical (unpaired) electrons. The van der Waals surface area contributed by atoms with Crippen molar-refractivity contribution >= 4 is 86.2 Å². The predicted octanol–water partition coefficient (Wildman–Crippen LogP) is 12.6. The van der Waals surface area contributed by atoms with Gasteiger partial charge in [0, 0.05) is 56.2 Å². The minimum absolute atomic E-state index is 0.192. The van der Waals surface area contributed by atoms with Gasteiger partial charge in [-0.25, -0.2) is 0 Å². The summed E-state index contributed by atoms with van der Waals surface area (Å²) in [6.07, 6.45) is 18.5. The second-order valence-electron chi connectivity index (χ2n) is 17.6. The molecule has 0 aliphatic rings. The van der Waals surface area contributed by atoms with E-state index >= 15 is 0 Å². The quantitative estimate of drug-likeness (QED) is 0.0439. The third-order valence-corrected chi connectivity index (χ3v) is 13.7. The number of hydrogen-bond acceptors (Lipinski definition) is 4. The van der Waals surface area contributed by atoms with Crippen LogP contribution in [-0.2, 0) is 25.9 Å². The van der Waals surface area contributed by atoms with Crippen molar-refractivity contribution in [1.82, 2.24) is 9.13 Å². The van der Waals surface area contributed by atoms with E-state index in [1.165, 1.54) is 20.3 Å². The molecule has 0 saturated heterocycles. The predicted molar refractivity (Wildman–Crippen MR) is 247 cm³/mol. The maximum Gasteiger partial charge on any atom is 0.261 e. The fraction of sp³-hybridized carbons (Fsp3) is 0.462. The Morgan fingerprint density at radius 2 is 0.672 bits per heavy atom. The van der Waals surface area contributed by atoms with Crippen LogP contribution < -0.4 is 22.2 Å². The Labute approximate surface area is 339 Å². The summed E-state index contributed by atoms with van der Waals surface area (Å²) in [6, 6.07) is 12.9. The lowest BCUT2D eigenvalue weighted by Gasteiger charge is -2.26. The van der Waals surface area contributed by atoms with E-state index < -0.39 is 0 Å². The van der Waals surface area contributed by atoms with Gasteiger partial charge in [-0.15, -0.1) is 0 Å². The molecule has 0 bridgehead atoms. The summed E-state index contributed by atoms with van der Waals surface area (Å²) < 4.78 is 3.04. The standard InChI is InChI=1S/C52H58N2O4/c1-5-9-13-17-21-31-25-33-27-37-44-40(52(58)54(49(37)55)24-20-16-12-8-4)30-36-32(22-18-14-10-6-2)26-34-28-38-43-39(51(57)53(50(38)56)23-19-15-11-7-3)29-35(31)45-41(33)48(44)46(36)42(34)47(43)45/h25-30H,5-24H2,1-4H3. The molecule has 6 heteroatoms. The van der Waals surface area contributed by atoms with Crippen molar-refractivity contribution in [3.8, 4) is 0 Å². The van der Waals surface area contributed by atoms with Crippen LogP contribution in [0.25, 0.3) is 86.2 Å². The van der Waals surface area contributed by atoms with E-state index in [0.29, 0.717) is 34.6 Å². The Hall–Kier alpha value is -4.84. The smallest absolute Gasteiger partial charge is 0.261 e. The summed E-state index contributed by atoms with van der Waals surface area (Å²) in [5.74, 6) is 0. The van der Waals surface area contributed by atoms with Crippen molar-refractivity contribution in [2.24, 2.45) is 0 Å². The van der Waals surface area contributed by atoms with Crippen LogP contribution in [0.4, 0.5) is 0 Å². The highest BCUT2D eigenvalue weighted by Gasteiger charge is 2.29. The van der Waals surface area contributed by atoms with Crippen molar-refractivity contribution in [3.05, 3.63) is 88.9 Å². The van der Waals surface area contributed by atoms with Crippen LogP contribution in [0.15, 0.2) is 55.6 Å². The molecule has 58 heavy (non-hydrogen) atoms. The summed E-state index contributed by atoms with van der Waals surface area (Å²) in [5, 5.41) is 14.4. The minimum Gasteiger partial charge on any atom is -0.274 e. The third-order valence-electron chi connectivity index (χ3n) is 13.7. The number of unbranched alkanes of at least 4 members (excludes halogenated alkanes) is 12. The van der Waals surface area contributed by atoms with Crippen LogP contribution in [0.2, 0.25) is 0 Å². The molecule has 9 rings (SSSR count). The molecule has 0 saturated carbocycles. The van der Waals surface area contributed by atoms with Gasteiger partial charge < -0.3 is 0 Å². The SMILES string of the molecule is CCCCCCc1cc2cc3c(=O)n(CCCCCC)c(=O)c4cc5c(CCCCCC)cc6cc7c(=O)n(CCCCCC)c(=O)c8cc1c1c2c(c34)c5c6c1c78. The van der Waals surface area contributed by atoms with Gasteiger partial charge in [-0.05, 0) is 117 Å². The van der Waals surface area contributed by atoms with Crippen LogP contribution in [-0.4, -0.2) is 9.13 Å². The Bertz CT molecular complexity index is 2940. The highest BCUT2D eigenvalue weighted by molar-refractivity contribution is 6.50. The molecule has 0 spiro atoms. The van der Waals surface area contributed by atoms with Crippen LogP contribution in [0.5, 0.6) is 0 Å². The second kappa shape index (κ2) is 15.7. The first kappa shape index (κ1) is 38.7. The molecule has 0 unspecified atom stereocenters. The minimum atomic E-state index is -0.196. The molecule has 9 aromatic rings. The lowest BCUT2D eigenvalue weighted by Crippen LogP contribution is -2.33. The molecule has 2 aromatic heterocycles. The summed E-state index contributed by atoms with van der Waals surface area (Å²) in [5.41, 5.74) is 1.58. The largest absolute Gasteiger partial charge is 0.274 e. The normalized spacial score (nSPS) is 12.8. The molecule has 6 nitrogen and oxygen atoms in total. The maximum atomic E-state index is 14.7. The number of nitrogens with zero attached hydrogens (tertiary/aromatic N) is 2. The average molecular weight is 775 g/mol. The van der Waals surface area contributed by atoms with Crippen LogP contribution in [0.3, 0.4) is 0 Å². The van der Waals surface area contributed by atoms with Gasteiger partial charge in [-0.1, -0.05) is 117 Å². The number of rotatable bonds is 20. The van der Waals surface area contributed by atoms with Crippen LogP contribution >= 0.6 is 0 Å². The molecule has 0 amide bonds. The van der Waals surface area contributed by atoms with Crippen molar-refractivity contribution < 1.29 is 0 Å². The highest BCUT2D eigenvalue weighted by Crippen LogP contribution is 2.52. The zero-order chi connectivity index (χ0) is 40.2. The number of aromatic nitrogens is 2. The fourth-order valence-electron chi connectivity index (χ4n) is 10.8. The van der Waals surface area contributed by atoms with Gasteiger partial charge in [0.1, 0.15) is 0 Å². The molecule has 0 N–H and O–H groups in total. The molecule has 0 atom stereocenters. The van der Waals surface area contributed by atoms with Crippen LogP contribution in [0, 0.1) is 0 Å². The zero-order valence-corrected chi connectivity index (χ0v) is 35.1. The molecule has 0 aliphatic carbocycles. The van der Waals surface area contributed by atoms with Crippen molar-refractivity contribution in [2.75, 3.05) is 0 Å². The van der Waals surface area contributed by atoms with E-state index in [2.05, 4.69) is 64.1 Å². The Morgan fingerprint density at radius 3 is 1.03 bits per heavy atom. The molecular formula is C52H58N2O4. The van der Waals surface area contributed by atoms with Crippen molar-refractivity contribution in [2.45, 2.75) is 156 Å². The van der Waals surface area contributed by atoms with E-state index in [1.807, 2.05) is 0 Å². The lowest BCUT2D eigenvalue weighted by molar-refractivity contribution is 0.564. The first-order valence-corrected chi connectivity index (χ1v) is 22.8.